The summed E-state index contributed by atoms with van der Waals surface area (Å²) in [5.74, 6) is -0.0834. The first-order valence-electron chi connectivity index (χ1n) is 10.0. The van der Waals surface area contributed by atoms with Crippen molar-refractivity contribution in [3.05, 3.63) is 70.9 Å². The first-order chi connectivity index (χ1) is 14.3. The molecule has 0 spiro atoms. The van der Waals surface area contributed by atoms with Crippen molar-refractivity contribution in [3.63, 3.8) is 0 Å². The van der Waals surface area contributed by atoms with Crippen LogP contribution in [0.1, 0.15) is 27.2 Å². The van der Waals surface area contributed by atoms with Crippen LogP contribution in [0.5, 0.6) is 0 Å². The first kappa shape index (κ1) is 20.5. The van der Waals surface area contributed by atoms with Gasteiger partial charge in [-0.1, -0.05) is 24.3 Å². The maximum Gasteiger partial charge on any atom is 0.254 e. The molecule has 0 bridgehead atoms. The molecule has 1 aromatic heterocycles. The molecule has 1 amide bonds. The van der Waals surface area contributed by atoms with Gasteiger partial charge in [0.25, 0.3) is 5.91 Å². The fraction of sp³-hybridized carbons (Fsp3) is 0.304. The molecule has 0 saturated carbocycles. The van der Waals surface area contributed by atoms with E-state index in [4.69, 9.17) is 0 Å². The number of hydrogen-bond donors (Lipinski definition) is 0. The van der Waals surface area contributed by atoms with Gasteiger partial charge in [-0.15, -0.1) is 0 Å². The molecule has 4 rings (SSSR count). The lowest BCUT2D eigenvalue weighted by atomic mass is 10.1. The van der Waals surface area contributed by atoms with Crippen LogP contribution in [0.15, 0.2) is 53.4 Å². The molecule has 1 saturated heterocycles. The van der Waals surface area contributed by atoms with Gasteiger partial charge in [0.15, 0.2) is 0 Å². The molecule has 0 atom stereocenters. The maximum absolute atomic E-state index is 13.2. The predicted octanol–water partition coefficient (Wildman–Crippen LogP) is 3.31. The Hall–Kier alpha value is -2.77. The monoisotopic (exact) mass is 423 g/mol. The number of carbonyl (C=O) groups excluding carboxylic acids is 1. The third-order valence-corrected chi connectivity index (χ3v) is 7.61. The maximum atomic E-state index is 13.2. The highest BCUT2D eigenvalue weighted by molar-refractivity contribution is 7.89. The number of pyridine rings is 1. The van der Waals surface area contributed by atoms with Gasteiger partial charge in [0.05, 0.1) is 16.0 Å². The third-order valence-electron chi connectivity index (χ3n) is 5.72. The smallest absolute Gasteiger partial charge is 0.254 e. The van der Waals surface area contributed by atoms with E-state index in [1.807, 2.05) is 57.2 Å². The molecule has 2 heterocycles. The average molecular weight is 424 g/mol. The second kappa shape index (κ2) is 7.81. The SMILES string of the molecule is Cc1cc(C(=O)N2CCN(S(=O)(=O)c3ccc(C)c(C)c3)CC2)c2ccccc2n1. The summed E-state index contributed by atoms with van der Waals surface area (Å²) < 4.78 is 27.5. The van der Waals surface area contributed by atoms with Crippen molar-refractivity contribution in [3.8, 4) is 0 Å². The number of fused-ring (bicyclic) bond motifs is 1. The number of sulfonamides is 1. The Morgan fingerprint density at radius 2 is 1.60 bits per heavy atom. The Labute approximate surface area is 177 Å². The molecule has 30 heavy (non-hydrogen) atoms. The zero-order chi connectivity index (χ0) is 21.5. The van der Waals surface area contributed by atoms with Crippen LogP contribution in [0.25, 0.3) is 10.9 Å². The lowest BCUT2D eigenvalue weighted by Crippen LogP contribution is -2.50. The fourth-order valence-electron chi connectivity index (χ4n) is 3.81. The molecule has 0 radical (unpaired) electrons. The predicted molar refractivity (Wildman–Crippen MR) is 117 cm³/mol. The van der Waals surface area contributed by atoms with Crippen LogP contribution in [0.4, 0.5) is 0 Å². The Balaban J connectivity index is 1.54. The second-order valence-corrected chi connectivity index (χ2v) is 9.71. The molecular weight excluding hydrogens is 398 g/mol. The van der Waals surface area contributed by atoms with Gasteiger partial charge in [0.1, 0.15) is 0 Å². The molecule has 0 N–H and O–H groups in total. The van der Waals surface area contributed by atoms with Crippen LogP contribution in [0.2, 0.25) is 0 Å². The van der Waals surface area contributed by atoms with Crippen molar-refractivity contribution in [1.29, 1.82) is 0 Å². The van der Waals surface area contributed by atoms with Crippen LogP contribution >= 0.6 is 0 Å². The van der Waals surface area contributed by atoms with Gasteiger partial charge in [0, 0.05) is 37.3 Å². The molecule has 3 aromatic rings. The number of nitrogens with zero attached hydrogens (tertiary/aromatic N) is 3. The van der Waals surface area contributed by atoms with E-state index < -0.39 is 10.0 Å². The molecule has 7 heteroatoms. The van der Waals surface area contributed by atoms with Crippen molar-refractivity contribution in [2.45, 2.75) is 25.7 Å². The summed E-state index contributed by atoms with van der Waals surface area (Å²) in [5, 5.41) is 0.818. The number of rotatable bonds is 3. The van der Waals surface area contributed by atoms with E-state index in [9.17, 15) is 13.2 Å². The van der Waals surface area contributed by atoms with E-state index in [1.54, 1.807) is 17.0 Å². The Bertz CT molecular complexity index is 1230. The zero-order valence-corrected chi connectivity index (χ0v) is 18.2. The summed E-state index contributed by atoms with van der Waals surface area (Å²) in [6, 6.07) is 14.6. The zero-order valence-electron chi connectivity index (χ0n) is 17.4. The molecule has 156 valence electrons. The van der Waals surface area contributed by atoms with E-state index in [0.717, 1.165) is 27.7 Å². The minimum Gasteiger partial charge on any atom is -0.336 e. The Morgan fingerprint density at radius 1 is 0.900 bits per heavy atom. The molecule has 1 aliphatic rings. The summed E-state index contributed by atoms with van der Waals surface area (Å²) in [6.07, 6.45) is 0. The number of para-hydroxylation sites is 1. The van der Waals surface area contributed by atoms with E-state index in [0.29, 0.717) is 23.5 Å². The number of aryl methyl sites for hydroxylation is 3. The van der Waals surface area contributed by atoms with E-state index in [1.165, 1.54) is 4.31 Å². The van der Waals surface area contributed by atoms with E-state index in [-0.39, 0.29) is 19.0 Å². The van der Waals surface area contributed by atoms with Gasteiger partial charge < -0.3 is 4.90 Å². The van der Waals surface area contributed by atoms with Gasteiger partial charge >= 0.3 is 0 Å². The van der Waals surface area contributed by atoms with Gasteiger partial charge in [-0.25, -0.2) is 8.42 Å². The first-order valence-corrected chi connectivity index (χ1v) is 11.4. The number of amides is 1. The number of benzene rings is 2. The number of piperazine rings is 1. The second-order valence-electron chi connectivity index (χ2n) is 7.77. The quantitative estimate of drug-likeness (QED) is 0.648. The van der Waals surface area contributed by atoms with Crippen molar-refractivity contribution < 1.29 is 13.2 Å². The highest BCUT2D eigenvalue weighted by Crippen LogP contribution is 2.23. The minimum atomic E-state index is -3.57. The Kier molecular flexibility index (Phi) is 5.34. The number of carbonyl (C=O) groups is 1. The van der Waals surface area contributed by atoms with Crippen molar-refractivity contribution >= 4 is 26.8 Å². The summed E-state index contributed by atoms with van der Waals surface area (Å²) in [7, 11) is -3.57. The molecule has 2 aromatic carbocycles. The number of aromatic nitrogens is 1. The fourth-order valence-corrected chi connectivity index (χ4v) is 5.32. The average Bonchev–Trinajstić information content (AvgIpc) is 2.74. The molecule has 0 unspecified atom stereocenters. The molecule has 1 aliphatic heterocycles. The van der Waals surface area contributed by atoms with Crippen molar-refractivity contribution in [2.75, 3.05) is 26.2 Å². The van der Waals surface area contributed by atoms with Crippen LogP contribution in [0, 0.1) is 20.8 Å². The van der Waals surface area contributed by atoms with Crippen LogP contribution < -0.4 is 0 Å². The molecule has 0 aliphatic carbocycles. The Morgan fingerprint density at radius 3 is 2.30 bits per heavy atom. The normalized spacial score (nSPS) is 15.5. The van der Waals surface area contributed by atoms with Crippen LogP contribution in [0.3, 0.4) is 0 Å². The van der Waals surface area contributed by atoms with Crippen LogP contribution in [-0.4, -0.2) is 54.7 Å². The summed E-state index contributed by atoms with van der Waals surface area (Å²) in [4.78, 5) is 19.7. The van der Waals surface area contributed by atoms with Crippen molar-refractivity contribution in [2.24, 2.45) is 0 Å². The van der Waals surface area contributed by atoms with Gasteiger partial charge in [-0.3, -0.25) is 9.78 Å². The molecule has 6 nitrogen and oxygen atoms in total. The van der Waals surface area contributed by atoms with Gasteiger partial charge in [-0.05, 0) is 56.2 Å². The van der Waals surface area contributed by atoms with Crippen LogP contribution in [-0.2, 0) is 10.0 Å². The van der Waals surface area contributed by atoms with Gasteiger partial charge in [-0.2, -0.15) is 4.31 Å². The minimum absolute atomic E-state index is 0.0834. The lowest BCUT2D eigenvalue weighted by Gasteiger charge is -2.34. The number of hydrogen-bond acceptors (Lipinski definition) is 4. The van der Waals surface area contributed by atoms with Crippen molar-refractivity contribution in [1.82, 2.24) is 14.2 Å². The topological polar surface area (TPSA) is 70.6 Å². The van der Waals surface area contributed by atoms with Gasteiger partial charge in [0.2, 0.25) is 10.0 Å². The highest BCUT2D eigenvalue weighted by atomic mass is 32.2. The summed E-state index contributed by atoms with van der Waals surface area (Å²) in [5.41, 5.74) is 4.20. The van der Waals surface area contributed by atoms with E-state index in [2.05, 4.69) is 4.98 Å². The van der Waals surface area contributed by atoms with E-state index >= 15 is 0 Å². The standard InChI is InChI=1S/C23H25N3O3S/c1-16-8-9-19(14-17(16)2)30(28,29)26-12-10-25(11-13-26)23(27)21-15-18(3)24-22-7-5-4-6-20(21)22/h4-9,14-15H,10-13H2,1-3H3. The largest absolute Gasteiger partial charge is 0.336 e. The summed E-state index contributed by atoms with van der Waals surface area (Å²) >= 11 is 0. The third kappa shape index (κ3) is 3.70. The molecular formula is C23H25N3O3S. The highest BCUT2D eigenvalue weighted by Gasteiger charge is 2.31. The lowest BCUT2D eigenvalue weighted by molar-refractivity contribution is 0.0699. The molecule has 1 fully saturated rings. The summed E-state index contributed by atoms with van der Waals surface area (Å²) in [6.45, 7) is 7.02.